The van der Waals surface area contributed by atoms with E-state index in [1.165, 1.54) is 0 Å². The summed E-state index contributed by atoms with van der Waals surface area (Å²) >= 11 is 3.04. The van der Waals surface area contributed by atoms with Gasteiger partial charge in [-0.3, -0.25) is 0 Å². The zero-order chi connectivity index (χ0) is 10.7. The van der Waals surface area contributed by atoms with E-state index < -0.39 is 12.9 Å². The Morgan fingerprint density at radius 2 is 2.07 bits per heavy atom. The van der Waals surface area contributed by atoms with Gasteiger partial charge in [0.15, 0.2) is 0 Å². The van der Waals surface area contributed by atoms with Crippen LogP contribution in [0.2, 0.25) is 0 Å². The van der Waals surface area contributed by atoms with E-state index in [0.29, 0.717) is 23.0 Å². The second-order valence-electron chi connectivity index (χ2n) is 2.85. The summed E-state index contributed by atoms with van der Waals surface area (Å²) in [7, 11) is -1.82. The third-order valence-corrected chi connectivity index (χ3v) is 2.57. The van der Waals surface area contributed by atoms with Crippen molar-refractivity contribution in [2.75, 3.05) is 6.54 Å². The van der Waals surface area contributed by atoms with Crippen LogP contribution in [0.4, 0.5) is 4.39 Å². The summed E-state index contributed by atoms with van der Waals surface area (Å²) in [6.45, 7) is 0.319. The Hall–Kier alpha value is -0.425. The van der Waals surface area contributed by atoms with Crippen molar-refractivity contribution in [3.05, 3.63) is 28.0 Å². The Morgan fingerprint density at radius 3 is 2.57 bits per heavy atom. The standard InChI is InChI=1S/C8H10BBrFNO2/c10-6-2-1-5(3-4-12)8(11)7(6)9(13)14/h1-2,13-14H,3-4,12H2. The second kappa shape index (κ2) is 4.88. The van der Waals surface area contributed by atoms with E-state index in [9.17, 15) is 4.39 Å². The van der Waals surface area contributed by atoms with E-state index >= 15 is 0 Å². The largest absolute Gasteiger partial charge is 0.492 e. The van der Waals surface area contributed by atoms with Crippen LogP contribution in [0.15, 0.2) is 16.6 Å². The molecule has 0 aliphatic carbocycles. The average molecular weight is 262 g/mol. The Balaban J connectivity index is 3.19. The van der Waals surface area contributed by atoms with Gasteiger partial charge in [0.2, 0.25) is 0 Å². The molecule has 0 aliphatic heterocycles. The third-order valence-electron chi connectivity index (χ3n) is 1.88. The summed E-state index contributed by atoms with van der Waals surface area (Å²) in [6.07, 6.45) is 0.374. The molecule has 4 N–H and O–H groups in total. The molecule has 1 aromatic rings. The van der Waals surface area contributed by atoms with Crippen LogP contribution in [0.5, 0.6) is 0 Å². The zero-order valence-electron chi connectivity index (χ0n) is 7.37. The van der Waals surface area contributed by atoms with Crippen molar-refractivity contribution in [2.45, 2.75) is 6.42 Å². The Morgan fingerprint density at radius 1 is 1.43 bits per heavy atom. The summed E-state index contributed by atoms with van der Waals surface area (Å²) in [5, 5.41) is 17.9. The monoisotopic (exact) mass is 261 g/mol. The molecule has 0 unspecified atom stereocenters. The van der Waals surface area contributed by atoms with Gasteiger partial charge in [0, 0.05) is 9.94 Å². The van der Waals surface area contributed by atoms with Gasteiger partial charge in [-0.25, -0.2) is 4.39 Å². The first-order chi connectivity index (χ1) is 6.57. The number of halogens is 2. The van der Waals surface area contributed by atoms with Crippen LogP contribution in [-0.2, 0) is 6.42 Å². The molecule has 0 radical (unpaired) electrons. The fourth-order valence-electron chi connectivity index (χ4n) is 1.20. The first kappa shape index (κ1) is 11.6. The molecule has 76 valence electrons. The van der Waals surface area contributed by atoms with Crippen LogP contribution < -0.4 is 11.2 Å². The lowest BCUT2D eigenvalue weighted by molar-refractivity contribution is 0.422. The van der Waals surface area contributed by atoms with Gasteiger partial charge in [-0.15, -0.1) is 0 Å². The van der Waals surface area contributed by atoms with E-state index in [4.69, 9.17) is 15.8 Å². The molecule has 0 amide bonds. The predicted octanol–water partition coefficient (Wildman–Crippen LogP) is -0.231. The molecule has 0 fully saturated rings. The van der Waals surface area contributed by atoms with Crippen LogP contribution in [-0.4, -0.2) is 23.7 Å². The van der Waals surface area contributed by atoms with Crippen LogP contribution in [0, 0.1) is 5.82 Å². The van der Waals surface area contributed by atoms with E-state index in [0.717, 1.165) is 0 Å². The summed E-state index contributed by atoms with van der Waals surface area (Å²) in [5.74, 6) is -0.611. The summed E-state index contributed by atoms with van der Waals surface area (Å²) in [4.78, 5) is 0. The Bertz CT molecular complexity index is 335. The van der Waals surface area contributed by atoms with Gasteiger partial charge in [-0.1, -0.05) is 22.0 Å². The Kier molecular flexibility index (Phi) is 4.06. The van der Waals surface area contributed by atoms with Crippen LogP contribution in [0.1, 0.15) is 5.56 Å². The van der Waals surface area contributed by atoms with E-state index in [-0.39, 0.29) is 5.46 Å². The topological polar surface area (TPSA) is 66.5 Å². The number of hydrogen-bond donors (Lipinski definition) is 3. The molecule has 6 heteroatoms. The van der Waals surface area contributed by atoms with Crippen LogP contribution in [0.3, 0.4) is 0 Å². The number of rotatable bonds is 3. The minimum absolute atomic E-state index is 0.143. The molecule has 3 nitrogen and oxygen atoms in total. The number of benzene rings is 1. The highest BCUT2D eigenvalue weighted by Crippen LogP contribution is 2.14. The van der Waals surface area contributed by atoms with Gasteiger partial charge in [0.25, 0.3) is 0 Å². The van der Waals surface area contributed by atoms with Gasteiger partial charge >= 0.3 is 7.12 Å². The number of nitrogens with two attached hydrogens (primary N) is 1. The molecule has 0 bridgehead atoms. The maximum absolute atomic E-state index is 13.6. The van der Waals surface area contributed by atoms with Crippen molar-refractivity contribution in [1.29, 1.82) is 0 Å². The first-order valence-electron chi connectivity index (χ1n) is 4.11. The molecular formula is C8H10BBrFNO2. The van der Waals surface area contributed by atoms with Crippen LogP contribution >= 0.6 is 15.9 Å². The quantitative estimate of drug-likeness (QED) is 0.659. The first-order valence-corrected chi connectivity index (χ1v) is 4.90. The van der Waals surface area contributed by atoms with Crippen LogP contribution in [0.25, 0.3) is 0 Å². The van der Waals surface area contributed by atoms with Gasteiger partial charge < -0.3 is 15.8 Å². The van der Waals surface area contributed by atoms with Crippen molar-refractivity contribution in [2.24, 2.45) is 5.73 Å². The van der Waals surface area contributed by atoms with Gasteiger partial charge in [-0.2, -0.15) is 0 Å². The average Bonchev–Trinajstić information content (AvgIpc) is 2.10. The van der Waals surface area contributed by atoms with Gasteiger partial charge in [-0.05, 0) is 24.6 Å². The van der Waals surface area contributed by atoms with Crippen molar-refractivity contribution in [3.8, 4) is 0 Å². The summed E-state index contributed by atoms with van der Waals surface area (Å²) < 4.78 is 13.9. The summed E-state index contributed by atoms with van der Waals surface area (Å²) in [6, 6.07) is 3.14. The molecule has 14 heavy (non-hydrogen) atoms. The van der Waals surface area contributed by atoms with Crippen molar-refractivity contribution in [1.82, 2.24) is 0 Å². The van der Waals surface area contributed by atoms with Crippen molar-refractivity contribution < 1.29 is 14.4 Å². The highest BCUT2D eigenvalue weighted by Gasteiger charge is 2.22. The molecule has 0 saturated carbocycles. The maximum atomic E-state index is 13.6. The maximum Gasteiger partial charge on any atom is 0.492 e. The molecule has 1 aromatic carbocycles. The lowest BCUT2D eigenvalue weighted by Crippen LogP contribution is -2.35. The van der Waals surface area contributed by atoms with E-state index in [1.807, 2.05) is 0 Å². The van der Waals surface area contributed by atoms with Gasteiger partial charge in [0.1, 0.15) is 5.82 Å². The molecule has 1 rings (SSSR count). The lowest BCUT2D eigenvalue weighted by Gasteiger charge is -2.08. The predicted molar refractivity (Wildman–Crippen MR) is 56.7 cm³/mol. The smallest absolute Gasteiger partial charge is 0.423 e. The van der Waals surface area contributed by atoms with Gasteiger partial charge in [0.05, 0.1) is 0 Å². The number of hydrogen-bond acceptors (Lipinski definition) is 3. The van der Waals surface area contributed by atoms with Crippen molar-refractivity contribution in [3.63, 3.8) is 0 Å². The second-order valence-corrected chi connectivity index (χ2v) is 3.70. The zero-order valence-corrected chi connectivity index (χ0v) is 8.96. The molecule has 0 aliphatic rings. The minimum atomic E-state index is -1.82. The van der Waals surface area contributed by atoms with E-state index in [1.54, 1.807) is 12.1 Å². The normalized spacial score (nSPS) is 10.4. The fraction of sp³-hybridized carbons (Fsp3) is 0.250. The summed E-state index contributed by atoms with van der Waals surface area (Å²) in [5.41, 5.74) is 5.54. The molecule has 0 saturated heterocycles. The highest BCUT2D eigenvalue weighted by molar-refractivity contribution is 9.10. The molecule has 0 heterocycles. The fourth-order valence-corrected chi connectivity index (χ4v) is 1.71. The molecule has 0 atom stereocenters. The minimum Gasteiger partial charge on any atom is -0.423 e. The molecule has 0 spiro atoms. The third kappa shape index (κ3) is 2.33. The van der Waals surface area contributed by atoms with Crippen molar-refractivity contribution >= 4 is 28.5 Å². The molecule has 0 aromatic heterocycles. The molecular weight excluding hydrogens is 252 g/mol. The lowest BCUT2D eigenvalue weighted by atomic mass is 9.78. The van der Waals surface area contributed by atoms with E-state index in [2.05, 4.69) is 15.9 Å². The highest BCUT2D eigenvalue weighted by atomic mass is 79.9. The SMILES string of the molecule is NCCc1ccc(Br)c(B(O)O)c1F. The Labute approximate surface area is 90.0 Å².